The molecule has 0 amide bonds. The summed E-state index contributed by atoms with van der Waals surface area (Å²) in [5, 5.41) is 2.66. The zero-order chi connectivity index (χ0) is 16.7. The molecule has 2 aromatic rings. The van der Waals surface area contributed by atoms with Crippen LogP contribution in [0.15, 0.2) is 42.5 Å². The summed E-state index contributed by atoms with van der Waals surface area (Å²) in [5.41, 5.74) is 0.962. The third-order valence-electron chi connectivity index (χ3n) is 2.99. The van der Waals surface area contributed by atoms with Gasteiger partial charge >= 0.3 is 5.97 Å². The molecular formula is C17H17F2NO3. The Kier molecular flexibility index (Phi) is 5.91. The first-order chi connectivity index (χ1) is 11.1. The van der Waals surface area contributed by atoms with Crippen molar-refractivity contribution in [2.75, 3.05) is 18.5 Å². The number of ether oxygens (including phenoxy) is 2. The molecule has 23 heavy (non-hydrogen) atoms. The Bertz CT molecular complexity index is 659. The van der Waals surface area contributed by atoms with E-state index >= 15 is 0 Å². The standard InChI is InChI=1S/C17H17F2NO3/c1-2-22-17(21)10-20-16-8-7-14(9-15(16)19)23-11-12-3-5-13(18)6-4-12/h3-9,20H,2,10-11H2,1H3. The average Bonchev–Trinajstić information content (AvgIpc) is 2.54. The molecule has 2 aromatic carbocycles. The highest BCUT2D eigenvalue weighted by Gasteiger charge is 2.07. The van der Waals surface area contributed by atoms with Gasteiger partial charge in [-0.3, -0.25) is 4.79 Å². The van der Waals surface area contributed by atoms with Crippen molar-refractivity contribution >= 4 is 11.7 Å². The third-order valence-corrected chi connectivity index (χ3v) is 2.99. The summed E-state index contributed by atoms with van der Waals surface area (Å²) in [4.78, 5) is 11.2. The van der Waals surface area contributed by atoms with E-state index < -0.39 is 11.8 Å². The Labute approximate surface area is 133 Å². The topological polar surface area (TPSA) is 47.6 Å². The minimum Gasteiger partial charge on any atom is -0.489 e. The SMILES string of the molecule is CCOC(=O)CNc1ccc(OCc2ccc(F)cc2)cc1F. The lowest BCUT2D eigenvalue weighted by Crippen LogP contribution is -2.17. The van der Waals surface area contributed by atoms with Crippen molar-refractivity contribution in [3.8, 4) is 5.75 Å². The van der Waals surface area contributed by atoms with Gasteiger partial charge in [-0.25, -0.2) is 8.78 Å². The summed E-state index contributed by atoms with van der Waals surface area (Å²) in [5.74, 6) is -0.972. The number of halogens is 2. The van der Waals surface area contributed by atoms with Gasteiger partial charge in [-0.1, -0.05) is 12.1 Å². The van der Waals surface area contributed by atoms with Gasteiger partial charge in [0.15, 0.2) is 0 Å². The molecule has 0 aliphatic heterocycles. The van der Waals surface area contributed by atoms with Crippen molar-refractivity contribution in [2.24, 2.45) is 0 Å². The number of benzene rings is 2. The van der Waals surface area contributed by atoms with Crippen molar-refractivity contribution in [1.29, 1.82) is 0 Å². The number of carbonyl (C=O) groups excluding carboxylic acids is 1. The van der Waals surface area contributed by atoms with Crippen LogP contribution >= 0.6 is 0 Å². The van der Waals surface area contributed by atoms with E-state index in [2.05, 4.69) is 5.32 Å². The predicted octanol–water partition coefficient (Wildman–Crippen LogP) is 3.52. The number of carbonyl (C=O) groups is 1. The quantitative estimate of drug-likeness (QED) is 0.793. The van der Waals surface area contributed by atoms with E-state index in [0.717, 1.165) is 5.56 Å². The molecule has 0 saturated heterocycles. The highest BCUT2D eigenvalue weighted by atomic mass is 19.1. The summed E-state index contributed by atoms with van der Waals surface area (Å²) < 4.78 is 36.9. The fourth-order valence-corrected chi connectivity index (χ4v) is 1.86. The van der Waals surface area contributed by atoms with Crippen LogP contribution in [0.5, 0.6) is 5.75 Å². The zero-order valence-corrected chi connectivity index (χ0v) is 12.6. The average molecular weight is 321 g/mol. The molecule has 0 unspecified atom stereocenters. The van der Waals surface area contributed by atoms with Crippen molar-refractivity contribution < 1.29 is 23.0 Å². The lowest BCUT2D eigenvalue weighted by atomic mass is 10.2. The van der Waals surface area contributed by atoms with Crippen LogP contribution in [0.1, 0.15) is 12.5 Å². The molecule has 0 aliphatic carbocycles. The molecule has 0 aromatic heterocycles. The van der Waals surface area contributed by atoms with Crippen molar-refractivity contribution in [1.82, 2.24) is 0 Å². The van der Waals surface area contributed by atoms with E-state index in [0.29, 0.717) is 5.75 Å². The first-order valence-corrected chi connectivity index (χ1v) is 7.14. The Morgan fingerprint density at radius 3 is 2.52 bits per heavy atom. The second-order valence-corrected chi connectivity index (χ2v) is 4.72. The monoisotopic (exact) mass is 321 g/mol. The maximum absolute atomic E-state index is 13.9. The molecule has 0 atom stereocenters. The Morgan fingerprint density at radius 2 is 1.87 bits per heavy atom. The van der Waals surface area contributed by atoms with Crippen molar-refractivity contribution in [3.05, 3.63) is 59.7 Å². The first kappa shape index (κ1) is 16.7. The Hall–Kier alpha value is -2.63. The second-order valence-electron chi connectivity index (χ2n) is 4.72. The minimum absolute atomic E-state index is 0.111. The van der Waals surface area contributed by atoms with E-state index in [1.54, 1.807) is 25.1 Å². The number of hydrogen-bond donors (Lipinski definition) is 1. The van der Waals surface area contributed by atoms with E-state index in [1.165, 1.54) is 24.3 Å². The summed E-state index contributed by atoms with van der Waals surface area (Å²) in [6.45, 7) is 2.07. The number of rotatable bonds is 7. The van der Waals surface area contributed by atoms with Crippen LogP contribution in [0.4, 0.5) is 14.5 Å². The van der Waals surface area contributed by atoms with Crippen LogP contribution in [-0.2, 0) is 16.1 Å². The summed E-state index contributed by atoms with van der Waals surface area (Å²) >= 11 is 0. The van der Waals surface area contributed by atoms with Crippen LogP contribution in [0.25, 0.3) is 0 Å². The molecule has 0 saturated carbocycles. The lowest BCUT2D eigenvalue weighted by Gasteiger charge is -2.10. The van der Waals surface area contributed by atoms with Crippen LogP contribution < -0.4 is 10.1 Å². The molecule has 1 N–H and O–H groups in total. The van der Waals surface area contributed by atoms with Gasteiger partial charge in [0, 0.05) is 6.07 Å². The fourth-order valence-electron chi connectivity index (χ4n) is 1.86. The molecule has 0 heterocycles. The molecule has 0 radical (unpaired) electrons. The highest BCUT2D eigenvalue weighted by Crippen LogP contribution is 2.21. The fraction of sp³-hybridized carbons (Fsp3) is 0.235. The van der Waals surface area contributed by atoms with Gasteiger partial charge in [0.05, 0.1) is 12.3 Å². The molecule has 6 heteroatoms. The highest BCUT2D eigenvalue weighted by molar-refractivity contribution is 5.75. The first-order valence-electron chi connectivity index (χ1n) is 7.14. The molecule has 122 valence electrons. The largest absolute Gasteiger partial charge is 0.489 e. The number of anilines is 1. The van der Waals surface area contributed by atoms with Gasteiger partial charge in [-0.2, -0.15) is 0 Å². The van der Waals surface area contributed by atoms with Gasteiger partial charge in [0.25, 0.3) is 0 Å². The molecular weight excluding hydrogens is 304 g/mol. The van der Waals surface area contributed by atoms with Crippen molar-refractivity contribution in [2.45, 2.75) is 13.5 Å². The molecule has 4 nitrogen and oxygen atoms in total. The summed E-state index contributed by atoms with van der Waals surface area (Å²) in [6, 6.07) is 10.1. The van der Waals surface area contributed by atoms with Crippen LogP contribution in [0.3, 0.4) is 0 Å². The molecule has 2 rings (SSSR count). The second kappa shape index (κ2) is 8.12. The van der Waals surface area contributed by atoms with Gasteiger partial charge in [-0.15, -0.1) is 0 Å². The van der Waals surface area contributed by atoms with Crippen LogP contribution in [-0.4, -0.2) is 19.1 Å². The maximum Gasteiger partial charge on any atom is 0.325 e. The van der Waals surface area contributed by atoms with E-state index in [9.17, 15) is 13.6 Å². The van der Waals surface area contributed by atoms with Gasteiger partial charge in [-0.05, 0) is 36.8 Å². The van der Waals surface area contributed by atoms with E-state index in [4.69, 9.17) is 9.47 Å². The Balaban J connectivity index is 1.90. The maximum atomic E-state index is 13.9. The normalized spacial score (nSPS) is 10.2. The van der Waals surface area contributed by atoms with Gasteiger partial charge < -0.3 is 14.8 Å². The smallest absolute Gasteiger partial charge is 0.325 e. The van der Waals surface area contributed by atoms with Crippen LogP contribution in [0.2, 0.25) is 0 Å². The summed E-state index contributed by atoms with van der Waals surface area (Å²) in [6.07, 6.45) is 0. The molecule has 0 fully saturated rings. The van der Waals surface area contributed by atoms with Crippen LogP contribution in [0, 0.1) is 11.6 Å². The predicted molar refractivity (Wildman–Crippen MR) is 82.3 cm³/mol. The number of esters is 1. The lowest BCUT2D eigenvalue weighted by molar-refractivity contribution is -0.140. The molecule has 0 aliphatic rings. The number of hydrogen-bond acceptors (Lipinski definition) is 4. The van der Waals surface area contributed by atoms with Crippen molar-refractivity contribution in [3.63, 3.8) is 0 Å². The number of nitrogens with one attached hydrogen (secondary N) is 1. The van der Waals surface area contributed by atoms with E-state index in [-0.39, 0.29) is 31.3 Å². The van der Waals surface area contributed by atoms with Gasteiger partial charge in [0.1, 0.15) is 30.5 Å². The minimum atomic E-state index is -0.536. The van der Waals surface area contributed by atoms with Gasteiger partial charge in [0.2, 0.25) is 0 Å². The third kappa shape index (κ3) is 5.25. The van der Waals surface area contributed by atoms with E-state index in [1.807, 2.05) is 0 Å². The summed E-state index contributed by atoms with van der Waals surface area (Å²) in [7, 11) is 0. The molecule has 0 bridgehead atoms. The molecule has 0 spiro atoms. The Morgan fingerprint density at radius 1 is 1.13 bits per heavy atom. The zero-order valence-electron chi connectivity index (χ0n) is 12.6.